The maximum absolute atomic E-state index is 5.64. The van der Waals surface area contributed by atoms with Gasteiger partial charge < -0.3 is 24.8 Å². The summed E-state index contributed by atoms with van der Waals surface area (Å²) in [6, 6.07) is 7.17. The molecule has 1 saturated heterocycles. The van der Waals surface area contributed by atoms with E-state index < -0.39 is 0 Å². The van der Waals surface area contributed by atoms with E-state index in [1.165, 1.54) is 24.8 Å². The molecule has 0 spiro atoms. The summed E-state index contributed by atoms with van der Waals surface area (Å²) in [5.41, 5.74) is 1.19. The van der Waals surface area contributed by atoms with Crippen molar-refractivity contribution in [3.63, 3.8) is 0 Å². The third-order valence-electron chi connectivity index (χ3n) is 5.07. The van der Waals surface area contributed by atoms with Crippen LogP contribution in [0.25, 0.3) is 0 Å². The molecule has 5 nitrogen and oxygen atoms in total. The lowest BCUT2D eigenvalue weighted by molar-refractivity contribution is 0.0524. The van der Waals surface area contributed by atoms with Crippen LogP contribution in [0, 0.1) is 5.92 Å². The molecule has 4 rings (SSSR count). The number of hydrogen-bond donors (Lipinski definition) is 2. The number of ether oxygens (including phenoxy) is 3. The molecule has 3 atom stereocenters. The first-order valence-electron chi connectivity index (χ1n) is 8.34. The molecule has 6 heteroatoms. The fourth-order valence-electron chi connectivity index (χ4n) is 3.96. The van der Waals surface area contributed by atoms with Crippen LogP contribution in [0.5, 0.6) is 11.5 Å². The predicted octanol–water partition coefficient (Wildman–Crippen LogP) is 2.08. The van der Waals surface area contributed by atoms with E-state index in [9.17, 15) is 0 Å². The van der Waals surface area contributed by atoms with Gasteiger partial charge in [-0.1, -0.05) is 18.6 Å². The molecule has 3 aliphatic rings. The number of hydrogen-bond acceptors (Lipinski definition) is 5. The van der Waals surface area contributed by atoms with Crippen molar-refractivity contribution in [3.05, 3.63) is 23.8 Å². The van der Waals surface area contributed by atoms with Crippen LogP contribution in [0.2, 0.25) is 0 Å². The molecular formula is C17H25ClN2O3. The summed E-state index contributed by atoms with van der Waals surface area (Å²) in [5, 5.41) is 7.37. The van der Waals surface area contributed by atoms with E-state index in [0.29, 0.717) is 24.8 Å². The van der Waals surface area contributed by atoms with E-state index >= 15 is 0 Å². The number of para-hydroxylation sites is 1. The zero-order valence-electron chi connectivity index (χ0n) is 13.3. The van der Waals surface area contributed by atoms with Gasteiger partial charge in [0.15, 0.2) is 11.5 Å². The molecule has 0 amide bonds. The van der Waals surface area contributed by atoms with Crippen molar-refractivity contribution in [1.82, 2.24) is 10.6 Å². The van der Waals surface area contributed by atoms with Crippen LogP contribution in [0.15, 0.2) is 18.2 Å². The molecule has 2 fully saturated rings. The van der Waals surface area contributed by atoms with Gasteiger partial charge in [-0.05, 0) is 24.8 Å². The summed E-state index contributed by atoms with van der Waals surface area (Å²) in [5.74, 6) is 2.43. The zero-order valence-corrected chi connectivity index (χ0v) is 14.1. The molecule has 1 aromatic carbocycles. The number of fused-ring (bicyclic) bond motifs is 1. The lowest BCUT2D eigenvalue weighted by Crippen LogP contribution is -2.50. The number of rotatable bonds is 4. The van der Waals surface area contributed by atoms with Crippen LogP contribution in [0.4, 0.5) is 0 Å². The maximum Gasteiger partial charge on any atom is 0.231 e. The minimum Gasteiger partial charge on any atom is -0.454 e. The molecule has 2 N–H and O–H groups in total. The number of benzene rings is 1. The van der Waals surface area contributed by atoms with Gasteiger partial charge in [0.05, 0.1) is 13.2 Å². The normalized spacial score (nSPS) is 29.3. The van der Waals surface area contributed by atoms with Gasteiger partial charge in [-0.25, -0.2) is 0 Å². The minimum atomic E-state index is 0. The van der Waals surface area contributed by atoms with Gasteiger partial charge in [0.25, 0.3) is 0 Å². The van der Waals surface area contributed by atoms with Crippen LogP contribution in [-0.2, 0) is 11.3 Å². The molecule has 1 saturated carbocycles. The first-order chi connectivity index (χ1) is 10.9. The Labute approximate surface area is 143 Å². The van der Waals surface area contributed by atoms with E-state index in [1.807, 2.05) is 12.1 Å². The average Bonchev–Trinajstić information content (AvgIpc) is 3.23. The molecule has 128 valence electrons. The molecule has 1 aliphatic carbocycles. The fraction of sp³-hybridized carbons (Fsp3) is 0.647. The van der Waals surface area contributed by atoms with Crippen molar-refractivity contribution in [2.24, 2.45) is 5.92 Å². The van der Waals surface area contributed by atoms with Gasteiger partial charge in [0.2, 0.25) is 6.79 Å². The summed E-state index contributed by atoms with van der Waals surface area (Å²) in [4.78, 5) is 0. The standard InChI is InChI=1S/C17H24N2O3.ClH/c1-3-12(17-16(6-1)21-11-22-17)9-19-14-5-2-4-13(14)15-10-20-8-7-18-15;/h1,3,6,13-15,18-19H,2,4-5,7-11H2;1H. The number of morpholine rings is 1. The summed E-state index contributed by atoms with van der Waals surface area (Å²) in [7, 11) is 0. The second-order valence-corrected chi connectivity index (χ2v) is 6.37. The van der Waals surface area contributed by atoms with Gasteiger partial charge in [0.1, 0.15) is 0 Å². The van der Waals surface area contributed by atoms with Crippen LogP contribution < -0.4 is 20.1 Å². The minimum absolute atomic E-state index is 0. The molecule has 23 heavy (non-hydrogen) atoms. The van der Waals surface area contributed by atoms with E-state index in [1.54, 1.807) is 0 Å². The van der Waals surface area contributed by atoms with Crippen LogP contribution in [0.1, 0.15) is 24.8 Å². The highest BCUT2D eigenvalue weighted by molar-refractivity contribution is 5.85. The van der Waals surface area contributed by atoms with Gasteiger partial charge >= 0.3 is 0 Å². The van der Waals surface area contributed by atoms with Crippen LogP contribution >= 0.6 is 12.4 Å². The largest absolute Gasteiger partial charge is 0.454 e. The maximum atomic E-state index is 5.64. The van der Waals surface area contributed by atoms with Crippen molar-refractivity contribution in [2.75, 3.05) is 26.6 Å². The van der Waals surface area contributed by atoms with E-state index in [2.05, 4.69) is 16.7 Å². The van der Waals surface area contributed by atoms with Crippen molar-refractivity contribution in [1.29, 1.82) is 0 Å². The monoisotopic (exact) mass is 340 g/mol. The van der Waals surface area contributed by atoms with Gasteiger partial charge in [-0.3, -0.25) is 0 Å². The SMILES string of the molecule is Cl.c1cc(CNC2CCCC2C2COCCN2)c2c(c1)OCO2. The Bertz CT molecular complexity index is 523. The van der Waals surface area contributed by atoms with Gasteiger partial charge in [-0.15, -0.1) is 12.4 Å². The summed E-state index contributed by atoms with van der Waals surface area (Å²) >= 11 is 0. The van der Waals surface area contributed by atoms with Crippen molar-refractivity contribution in [3.8, 4) is 11.5 Å². The number of halogens is 1. The van der Waals surface area contributed by atoms with Gasteiger partial charge in [0, 0.05) is 30.7 Å². The summed E-state index contributed by atoms with van der Waals surface area (Å²) in [6.45, 7) is 3.84. The topological polar surface area (TPSA) is 51.8 Å². The smallest absolute Gasteiger partial charge is 0.231 e. The zero-order chi connectivity index (χ0) is 14.8. The third-order valence-corrected chi connectivity index (χ3v) is 5.07. The fourth-order valence-corrected chi connectivity index (χ4v) is 3.96. The third kappa shape index (κ3) is 3.58. The highest BCUT2D eigenvalue weighted by Crippen LogP contribution is 2.36. The van der Waals surface area contributed by atoms with Crippen molar-refractivity contribution in [2.45, 2.75) is 37.9 Å². The van der Waals surface area contributed by atoms with E-state index in [-0.39, 0.29) is 12.4 Å². The highest BCUT2D eigenvalue weighted by Gasteiger charge is 2.34. The van der Waals surface area contributed by atoms with Crippen LogP contribution in [0.3, 0.4) is 0 Å². The molecule has 0 bridgehead atoms. The molecule has 3 unspecified atom stereocenters. The Morgan fingerprint density at radius 1 is 1.22 bits per heavy atom. The molecule has 0 aromatic heterocycles. The molecule has 2 aliphatic heterocycles. The van der Waals surface area contributed by atoms with Crippen molar-refractivity contribution >= 4 is 12.4 Å². The van der Waals surface area contributed by atoms with E-state index in [0.717, 1.165) is 37.8 Å². The van der Waals surface area contributed by atoms with Crippen molar-refractivity contribution < 1.29 is 14.2 Å². The first-order valence-corrected chi connectivity index (χ1v) is 8.34. The first kappa shape index (κ1) is 16.8. The lowest BCUT2D eigenvalue weighted by Gasteiger charge is -2.33. The Kier molecular flexibility index (Phi) is 5.64. The summed E-state index contributed by atoms with van der Waals surface area (Å²) < 4.78 is 16.7. The van der Waals surface area contributed by atoms with E-state index in [4.69, 9.17) is 14.2 Å². The number of nitrogens with one attached hydrogen (secondary N) is 2. The van der Waals surface area contributed by atoms with Gasteiger partial charge in [-0.2, -0.15) is 0 Å². The molecular weight excluding hydrogens is 316 g/mol. The Hall–Kier alpha value is -1.01. The second kappa shape index (κ2) is 7.71. The Morgan fingerprint density at radius 2 is 2.17 bits per heavy atom. The Balaban J connectivity index is 0.00000156. The lowest BCUT2D eigenvalue weighted by atomic mass is 9.94. The highest BCUT2D eigenvalue weighted by atomic mass is 35.5. The Morgan fingerprint density at radius 3 is 3.04 bits per heavy atom. The summed E-state index contributed by atoms with van der Waals surface area (Å²) in [6.07, 6.45) is 3.83. The van der Waals surface area contributed by atoms with Crippen LogP contribution in [-0.4, -0.2) is 38.6 Å². The molecule has 2 heterocycles. The predicted molar refractivity (Wildman–Crippen MR) is 90.4 cm³/mol. The molecule has 1 aromatic rings. The quantitative estimate of drug-likeness (QED) is 0.879. The second-order valence-electron chi connectivity index (χ2n) is 6.37. The molecule has 0 radical (unpaired) electrons. The average molecular weight is 341 g/mol.